The number of hydrogen-bond donors (Lipinski definition) is 1. The zero-order chi connectivity index (χ0) is 23.4. The summed E-state index contributed by atoms with van der Waals surface area (Å²) in [5, 5.41) is 14.0. The van der Waals surface area contributed by atoms with Gasteiger partial charge in [-0.15, -0.1) is 0 Å². The summed E-state index contributed by atoms with van der Waals surface area (Å²) in [6, 6.07) is 11.2. The van der Waals surface area contributed by atoms with Crippen molar-refractivity contribution in [1.29, 1.82) is 0 Å². The molecule has 0 aliphatic carbocycles. The fourth-order valence-corrected chi connectivity index (χ4v) is 3.92. The molecule has 1 aliphatic rings. The first-order valence-corrected chi connectivity index (χ1v) is 10.6. The fraction of sp³-hybridized carbons (Fsp3) is 0.292. The highest BCUT2D eigenvalue weighted by atomic mass is 19.1. The summed E-state index contributed by atoms with van der Waals surface area (Å²) in [7, 11) is 0. The Kier molecular flexibility index (Phi) is 6.79. The molecule has 1 amide bonds. The van der Waals surface area contributed by atoms with E-state index in [0.717, 1.165) is 31.0 Å². The molecule has 0 saturated carbocycles. The van der Waals surface area contributed by atoms with Gasteiger partial charge in [-0.1, -0.05) is 12.1 Å². The van der Waals surface area contributed by atoms with Gasteiger partial charge in [0.2, 0.25) is 5.43 Å². The summed E-state index contributed by atoms with van der Waals surface area (Å²) in [6.07, 6.45) is 2.21. The minimum absolute atomic E-state index is 0.119. The predicted molar refractivity (Wildman–Crippen MR) is 118 cm³/mol. The van der Waals surface area contributed by atoms with E-state index in [-0.39, 0.29) is 29.1 Å². The maximum atomic E-state index is 13.6. The third kappa shape index (κ3) is 5.61. The monoisotopic (exact) mass is 455 g/mol. The lowest BCUT2D eigenvalue weighted by Gasteiger charge is -2.28. The molecule has 3 aromatic rings. The van der Waals surface area contributed by atoms with E-state index in [4.69, 9.17) is 4.74 Å². The summed E-state index contributed by atoms with van der Waals surface area (Å²) in [5.74, 6) is -1.39. The maximum absolute atomic E-state index is 13.6. The highest BCUT2D eigenvalue weighted by Gasteiger charge is 2.22. The lowest BCUT2D eigenvalue weighted by molar-refractivity contribution is 0.0572. The Morgan fingerprint density at radius 2 is 1.97 bits per heavy atom. The summed E-state index contributed by atoms with van der Waals surface area (Å²) in [5.41, 5.74) is 1.17. The van der Waals surface area contributed by atoms with Crippen LogP contribution >= 0.6 is 0 Å². The van der Waals surface area contributed by atoms with E-state index in [0.29, 0.717) is 31.0 Å². The number of carbonyl (C=O) groups is 1. The molecule has 0 radical (unpaired) electrons. The van der Waals surface area contributed by atoms with Crippen molar-refractivity contribution in [2.45, 2.75) is 19.3 Å². The minimum Gasteiger partial charge on any atom is -0.465 e. The fourth-order valence-electron chi connectivity index (χ4n) is 3.92. The Morgan fingerprint density at radius 1 is 1.18 bits per heavy atom. The third-order valence-electron chi connectivity index (χ3n) is 5.51. The maximum Gasteiger partial charge on any atom is 0.411 e. The Balaban J connectivity index is 1.59. The van der Waals surface area contributed by atoms with E-state index < -0.39 is 17.7 Å². The Bertz CT molecular complexity index is 1190. The van der Waals surface area contributed by atoms with Gasteiger partial charge in [-0.3, -0.25) is 9.69 Å². The molecule has 1 aromatic heterocycles. The van der Waals surface area contributed by atoms with Gasteiger partial charge in [-0.05, 0) is 42.7 Å². The van der Waals surface area contributed by atoms with Crippen LogP contribution in [-0.2, 0) is 11.2 Å². The van der Waals surface area contributed by atoms with Gasteiger partial charge in [0, 0.05) is 49.5 Å². The van der Waals surface area contributed by atoms with Crippen LogP contribution in [0.2, 0.25) is 0 Å². The molecule has 172 valence electrons. The number of hydrogen-bond acceptors (Lipinski definition) is 4. The van der Waals surface area contributed by atoms with Crippen LogP contribution in [0.15, 0.2) is 59.5 Å². The molecule has 4 rings (SSSR count). The molecule has 33 heavy (non-hydrogen) atoms. The summed E-state index contributed by atoms with van der Waals surface area (Å²) >= 11 is 0. The van der Waals surface area contributed by atoms with Crippen molar-refractivity contribution in [2.75, 3.05) is 24.7 Å². The van der Waals surface area contributed by atoms with Gasteiger partial charge in [0.1, 0.15) is 17.3 Å². The van der Waals surface area contributed by atoms with Gasteiger partial charge >= 0.3 is 6.09 Å². The average molecular weight is 455 g/mol. The first-order valence-electron chi connectivity index (χ1n) is 10.6. The number of rotatable bonds is 6. The second-order valence-corrected chi connectivity index (χ2v) is 8.02. The molecule has 0 spiro atoms. The number of carboxylic acid groups (broad SMARTS) is 1. The smallest absolute Gasteiger partial charge is 0.411 e. The standard InChI is InChI=1S/C24H23F2N3O4/c25-18-11-19(26)13-21(12-18)29-7-6-23(30)22(27-29)10-16-3-1-5-20(9-16)28(24(31)32)14-17-4-2-8-33-15-17/h1,3,5-7,9,11-13,17H,2,4,8,10,14-15H2,(H,31,32). The second kappa shape index (κ2) is 9.91. The van der Waals surface area contributed by atoms with Crippen LogP contribution in [0.4, 0.5) is 19.3 Å². The summed E-state index contributed by atoms with van der Waals surface area (Å²) in [4.78, 5) is 25.6. The molecule has 1 saturated heterocycles. The number of aromatic nitrogens is 2. The van der Waals surface area contributed by atoms with Gasteiger partial charge in [0.25, 0.3) is 0 Å². The van der Waals surface area contributed by atoms with E-state index in [1.54, 1.807) is 24.3 Å². The highest BCUT2D eigenvalue weighted by molar-refractivity contribution is 5.86. The number of nitrogens with zero attached hydrogens (tertiary/aromatic N) is 3. The van der Waals surface area contributed by atoms with E-state index in [1.807, 2.05) is 0 Å². The molecule has 1 fully saturated rings. The summed E-state index contributed by atoms with van der Waals surface area (Å²) in [6.45, 7) is 1.54. The number of benzene rings is 2. The van der Waals surface area contributed by atoms with Crippen molar-refractivity contribution in [3.8, 4) is 5.69 Å². The molecule has 1 unspecified atom stereocenters. The van der Waals surface area contributed by atoms with Crippen LogP contribution in [-0.4, -0.2) is 40.7 Å². The molecular formula is C24H23F2N3O4. The van der Waals surface area contributed by atoms with Crippen LogP contribution in [0.3, 0.4) is 0 Å². The van der Waals surface area contributed by atoms with Gasteiger partial charge in [-0.2, -0.15) is 5.10 Å². The lowest BCUT2D eigenvalue weighted by Crippen LogP contribution is -2.37. The van der Waals surface area contributed by atoms with Gasteiger partial charge < -0.3 is 9.84 Å². The van der Waals surface area contributed by atoms with E-state index in [1.165, 1.54) is 21.8 Å². The van der Waals surface area contributed by atoms with Crippen molar-refractivity contribution in [3.05, 3.63) is 87.8 Å². The first kappa shape index (κ1) is 22.6. The summed E-state index contributed by atoms with van der Waals surface area (Å²) < 4.78 is 33.9. The largest absolute Gasteiger partial charge is 0.465 e. The van der Waals surface area contributed by atoms with Crippen LogP contribution in [0.25, 0.3) is 5.69 Å². The molecule has 1 atom stereocenters. The number of halogens is 2. The SMILES string of the molecule is O=C(O)N(CC1CCCOC1)c1cccc(Cc2nn(-c3cc(F)cc(F)c3)ccc2=O)c1. The van der Waals surface area contributed by atoms with Crippen LogP contribution in [0.1, 0.15) is 24.1 Å². The molecule has 0 bridgehead atoms. The predicted octanol–water partition coefficient (Wildman–Crippen LogP) is 4.01. The van der Waals surface area contributed by atoms with Crippen LogP contribution < -0.4 is 10.3 Å². The van der Waals surface area contributed by atoms with Gasteiger partial charge in [-0.25, -0.2) is 18.3 Å². The Morgan fingerprint density at radius 3 is 2.67 bits per heavy atom. The van der Waals surface area contributed by atoms with Crippen molar-refractivity contribution in [1.82, 2.24) is 9.78 Å². The van der Waals surface area contributed by atoms with E-state index in [2.05, 4.69) is 5.10 Å². The molecule has 2 heterocycles. The highest BCUT2D eigenvalue weighted by Crippen LogP contribution is 2.22. The van der Waals surface area contributed by atoms with Crippen LogP contribution in [0, 0.1) is 17.6 Å². The van der Waals surface area contributed by atoms with E-state index in [9.17, 15) is 23.5 Å². The zero-order valence-corrected chi connectivity index (χ0v) is 17.8. The minimum atomic E-state index is -1.06. The molecule has 7 nitrogen and oxygen atoms in total. The molecule has 1 N–H and O–H groups in total. The normalized spacial score (nSPS) is 15.9. The van der Waals surface area contributed by atoms with Crippen LogP contribution in [0.5, 0.6) is 0 Å². The Hall–Kier alpha value is -3.59. The number of ether oxygens (including phenoxy) is 1. The van der Waals surface area contributed by atoms with Crippen molar-refractivity contribution in [3.63, 3.8) is 0 Å². The quantitative estimate of drug-likeness (QED) is 0.607. The first-order chi connectivity index (χ1) is 15.9. The second-order valence-electron chi connectivity index (χ2n) is 8.02. The van der Waals surface area contributed by atoms with Gasteiger partial charge in [0.05, 0.1) is 12.3 Å². The average Bonchev–Trinajstić information content (AvgIpc) is 2.79. The van der Waals surface area contributed by atoms with Crippen molar-refractivity contribution >= 4 is 11.8 Å². The van der Waals surface area contributed by atoms with Gasteiger partial charge in [0.15, 0.2) is 0 Å². The zero-order valence-electron chi connectivity index (χ0n) is 17.8. The van der Waals surface area contributed by atoms with Crippen molar-refractivity contribution < 1.29 is 23.4 Å². The van der Waals surface area contributed by atoms with Crippen molar-refractivity contribution in [2.24, 2.45) is 5.92 Å². The Labute approximate surface area is 188 Å². The number of amides is 1. The topological polar surface area (TPSA) is 84.7 Å². The third-order valence-corrected chi connectivity index (χ3v) is 5.51. The molecule has 1 aliphatic heterocycles. The van der Waals surface area contributed by atoms with E-state index >= 15 is 0 Å². The molecule has 9 heteroatoms. The number of anilines is 1. The molecule has 2 aromatic carbocycles. The molecular weight excluding hydrogens is 432 g/mol. The lowest BCUT2D eigenvalue weighted by atomic mass is 10.0.